The predicted molar refractivity (Wildman–Crippen MR) is 77.7 cm³/mol. The van der Waals surface area contributed by atoms with Crippen molar-refractivity contribution in [3.63, 3.8) is 0 Å². The van der Waals surface area contributed by atoms with Gasteiger partial charge in [-0.3, -0.25) is 14.5 Å². The Kier molecular flexibility index (Phi) is 5.58. The van der Waals surface area contributed by atoms with Crippen LogP contribution in [0.4, 0.5) is 0 Å². The number of carbonyl (C=O) groups excluding carboxylic acids is 1. The zero-order chi connectivity index (χ0) is 15.4. The Labute approximate surface area is 125 Å². The molecule has 2 fully saturated rings. The number of hydrogen-bond acceptors (Lipinski definition) is 4. The lowest BCUT2D eigenvalue weighted by molar-refractivity contribution is -0.149. The van der Waals surface area contributed by atoms with Gasteiger partial charge in [0.25, 0.3) is 0 Å². The SMILES string of the molecule is CCC1CC(C(=O)O)C(C(=O)N2CCN(CCO)CC2)C1. The fourth-order valence-electron chi connectivity index (χ4n) is 3.59. The maximum absolute atomic E-state index is 12.6. The zero-order valence-electron chi connectivity index (χ0n) is 12.7. The fraction of sp³-hybridized carbons (Fsp3) is 0.867. The first-order valence-corrected chi connectivity index (χ1v) is 7.91. The zero-order valence-corrected chi connectivity index (χ0v) is 12.7. The lowest BCUT2D eigenvalue weighted by atomic mass is 9.94. The first-order valence-electron chi connectivity index (χ1n) is 7.91. The summed E-state index contributed by atoms with van der Waals surface area (Å²) in [7, 11) is 0. The Morgan fingerprint density at radius 1 is 1.10 bits per heavy atom. The normalized spacial score (nSPS) is 30.6. The molecule has 120 valence electrons. The number of hydrogen-bond donors (Lipinski definition) is 2. The monoisotopic (exact) mass is 298 g/mol. The molecule has 3 unspecified atom stereocenters. The van der Waals surface area contributed by atoms with Gasteiger partial charge in [0, 0.05) is 32.7 Å². The Balaban J connectivity index is 1.94. The molecule has 6 heteroatoms. The van der Waals surface area contributed by atoms with Crippen LogP contribution in [0.25, 0.3) is 0 Å². The van der Waals surface area contributed by atoms with Crippen molar-refractivity contribution in [3.8, 4) is 0 Å². The van der Waals surface area contributed by atoms with Crippen molar-refractivity contribution in [1.82, 2.24) is 9.80 Å². The molecule has 3 atom stereocenters. The van der Waals surface area contributed by atoms with Gasteiger partial charge in [-0.15, -0.1) is 0 Å². The van der Waals surface area contributed by atoms with E-state index in [1.807, 2.05) is 4.90 Å². The summed E-state index contributed by atoms with van der Waals surface area (Å²) in [5, 5.41) is 18.3. The molecule has 2 aliphatic rings. The standard InChI is InChI=1S/C15H26N2O4/c1-2-11-9-12(13(10-11)15(20)21)14(19)17-5-3-16(4-6-17)7-8-18/h11-13,18H,2-10H2,1H3,(H,20,21). The van der Waals surface area contributed by atoms with E-state index in [0.29, 0.717) is 38.4 Å². The van der Waals surface area contributed by atoms with E-state index in [1.54, 1.807) is 0 Å². The third-order valence-corrected chi connectivity index (χ3v) is 4.97. The number of carbonyl (C=O) groups is 2. The van der Waals surface area contributed by atoms with Crippen LogP contribution < -0.4 is 0 Å². The van der Waals surface area contributed by atoms with Crippen molar-refractivity contribution >= 4 is 11.9 Å². The van der Waals surface area contributed by atoms with Crippen molar-refractivity contribution in [2.75, 3.05) is 39.3 Å². The maximum atomic E-state index is 12.6. The molecule has 0 aromatic carbocycles. The van der Waals surface area contributed by atoms with Crippen molar-refractivity contribution in [2.45, 2.75) is 26.2 Å². The summed E-state index contributed by atoms with van der Waals surface area (Å²) >= 11 is 0. The number of aliphatic hydroxyl groups excluding tert-OH is 1. The van der Waals surface area contributed by atoms with E-state index in [-0.39, 0.29) is 18.4 Å². The summed E-state index contributed by atoms with van der Waals surface area (Å²) in [6.07, 6.45) is 2.29. The lowest BCUT2D eigenvalue weighted by Crippen LogP contribution is -2.51. The molecular formula is C15H26N2O4. The molecule has 1 amide bonds. The second-order valence-electron chi connectivity index (χ2n) is 6.19. The van der Waals surface area contributed by atoms with Gasteiger partial charge in [0.15, 0.2) is 0 Å². The molecule has 0 aromatic rings. The molecule has 6 nitrogen and oxygen atoms in total. The minimum atomic E-state index is -0.830. The Hall–Kier alpha value is -1.14. The molecule has 1 aliphatic carbocycles. The average molecular weight is 298 g/mol. The molecule has 2 N–H and O–H groups in total. The molecule has 1 saturated carbocycles. The second kappa shape index (κ2) is 7.22. The molecule has 0 bridgehead atoms. The van der Waals surface area contributed by atoms with Crippen molar-refractivity contribution in [3.05, 3.63) is 0 Å². The molecular weight excluding hydrogens is 272 g/mol. The quantitative estimate of drug-likeness (QED) is 0.761. The lowest BCUT2D eigenvalue weighted by Gasteiger charge is -2.36. The van der Waals surface area contributed by atoms with Crippen LogP contribution in [0.15, 0.2) is 0 Å². The highest BCUT2D eigenvalue weighted by Gasteiger charge is 2.43. The van der Waals surface area contributed by atoms with Gasteiger partial charge < -0.3 is 15.1 Å². The van der Waals surface area contributed by atoms with Crippen LogP contribution in [-0.4, -0.2) is 71.2 Å². The second-order valence-corrected chi connectivity index (χ2v) is 6.19. The minimum absolute atomic E-state index is 0.0157. The summed E-state index contributed by atoms with van der Waals surface area (Å²) < 4.78 is 0. The van der Waals surface area contributed by atoms with Crippen LogP contribution in [0.3, 0.4) is 0 Å². The van der Waals surface area contributed by atoms with Gasteiger partial charge in [-0.05, 0) is 18.8 Å². The summed E-state index contributed by atoms with van der Waals surface area (Å²) in [6.45, 7) is 5.62. The number of carboxylic acid groups (broad SMARTS) is 1. The number of aliphatic carboxylic acids is 1. The van der Waals surface area contributed by atoms with Crippen molar-refractivity contribution in [2.24, 2.45) is 17.8 Å². The highest BCUT2D eigenvalue weighted by molar-refractivity contribution is 5.85. The molecule has 1 saturated heterocycles. The van der Waals surface area contributed by atoms with Crippen LogP contribution in [0, 0.1) is 17.8 Å². The van der Waals surface area contributed by atoms with Gasteiger partial charge in [-0.25, -0.2) is 0 Å². The van der Waals surface area contributed by atoms with Gasteiger partial charge in [-0.2, -0.15) is 0 Å². The van der Waals surface area contributed by atoms with Crippen LogP contribution in [-0.2, 0) is 9.59 Å². The van der Waals surface area contributed by atoms with Crippen LogP contribution in [0.5, 0.6) is 0 Å². The average Bonchev–Trinajstić information content (AvgIpc) is 2.92. The van der Waals surface area contributed by atoms with Gasteiger partial charge in [0.2, 0.25) is 5.91 Å². The first-order chi connectivity index (χ1) is 10.1. The van der Waals surface area contributed by atoms with Crippen LogP contribution >= 0.6 is 0 Å². The fourth-order valence-corrected chi connectivity index (χ4v) is 3.59. The van der Waals surface area contributed by atoms with Crippen LogP contribution in [0.2, 0.25) is 0 Å². The molecule has 2 rings (SSSR count). The molecule has 1 heterocycles. The number of nitrogens with zero attached hydrogens (tertiary/aromatic N) is 2. The Bertz CT molecular complexity index is 380. The summed E-state index contributed by atoms with van der Waals surface area (Å²) in [5.74, 6) is -1.32. The first kappa shape index (κ1) is 16.2. The van der Waals surface area contributed by atoms with E-state index >= 15 is 0 Å². The number of β-amino-alcohol motifs (C(OH)–C–C–N with tert-alkyl or cyclic N) is 1. The number of amides is 1. The van der Waals surface area contributed by atoms with E-state index in [9.17, 15) is 14.7 Å². The number of aliphatic hydroxyl groups is 1. The predicted octanol–water partition coefficient (Wildman–Crippen LogP) is 0.260. The molecule has 0 aromatic heterocycles. The number of rotatable bonds is 5. The van der Waals surface area contributed by atoms with Crippen molar-refractivity contribution in [1.29, 1.82) is 0 Å². The summed E-state index contributed by atoms with van der Waals surface area (Å²) in [5.41, 5.74) is 0. The van der Waals surface area contributed by atoms with Gasteiger partial charge in [0.05, 0.1) is 18.4 Å². The Morgan fingerprint density at radius 3 is 2.24 bits per heavy atom. The highest BCUT2D eigenvalue weighted by atomic mass is 16.4. The van der Waals surface area contributed by atoms with E-state index < -0.39 is 11.9 Å². The van der Waals surface area contributed by atoms with E-state index in [0.717, 1.165) is 19.5 Å². The van der Waals surface area contributed by atoms with E-state index in [1.165, 1.54) is 0 Å². The topological polar surface area (TPSA) is 81.1 Å². The third-order valence-electron chi connectivity index (χ3n) is 4.97. The highest BCUT2D eigenvalue weighted by Crippen LogP contribution is 2.39. The molecule has 0 spiro atoms. The molecule has 0 radical (unpaired) electrons. The van der Waals surface area contributed by atoms with Gasteiger partial charge in [-0.1, -0.05) is 13.3 Å². The summed E-state index contributed by atoms with van der Waals surface area (Å²) in [6, 6.07) is 0. The third kappa shape index (κ3) is 3.74. The van der Waals surface area contributed by atoms with E-state index in [2.05, 4.69) is 11.8 Å². The van der Waals surface area contributed by atoms with Gasteiger partial charge >= 0.3 is 5.97 Å². The number of carboxylic acids is 1. The Morgan fingerprint density at radius 2 is 1.71 bits per heavy atom. The van der Waals surface area contributed by atoms with Crippen molar-refractivity contribution < 1.29 is 19.8 Å². The maximum Gasteiger partial charge on any atom is 0.307 e. The summed E-state index contributed by atoms with van der Waals surface area (Å²) in [4.78, 5) is 28.0. The largest absolute Gasteiger partial charge is 0.481 e. The molecule has 1 aliphatic heterocycles. The smallest absolute Gasteiger partial charge is 0.307 e. The van der Waals surface area contributed by atoms with Crippen LogP contribution in [0.1, 0.15) is 26.2 Å². The number of piperazine rings is 1. The van der Waals surface area contributed by atoms with E-state index in [4.69, 9.17) is 5.11 Å². The van der Waals surface area contributed by atoms with Gasteiger partial charge in [0.1, 0.15) is 0 Å². The minimum Gasteiger partial charge on any atom is -0.481 e. The molecule has 21 heavy (non-hydrogen) atoms.